The van der Waals surface area contributed by atoms with Gasteiger partial charge in [-0.25, -0.2) is 5.41 Å². The molecule has 0 heterocycles. The minimum absolute atomic E-state index is 0. The summed E-state index contributed by atoms with van der Waals surface area (Å²) in [7, 11) is 1.55. The van der Waals surface area contributed by atoms with Crippen LogP contribution in [0.4, 0.5) is 0 Å². The Morgan fingerprint density at radius 1 is 1.71 bits per heavy atom. The van der Waals surface area contributed by atoms with Crippen molar-refractivity contribution in [3.8, 4) is 0 Å². The summed E-state index contributed by atoms with van der Waals surface area (Å²) in [6.45, 7) is 0. The second-order valence-corrected chi connectivity index (χ2v) is 1.54. The molecule has 4 heteroatoms. The van der Waals surface area contributed by atoms with E-state index in [2.05, 4.69) is 4.74 Å². The van der Waals surface area contributed by atoms with E-state index in [4.69, 9.17) is 5.41 Å². The molecule has 2 nitrogen and oxygen atoms in total. The molecule has 2 N–H and O–H groups in total. The van der Waals surface area contributed by atoms with Crippen molar-refractivity contribution in [2.24, 2.45) is 0 Å². The molecule has 7 heavy (non-hydrogen) atoms. The zero-order valence-corrected chi connectivity index (χ0v) is 5.84. The molecule has 0 aromatic rings. The summed E-state index contributed by atoms with van der Waals surface area (Å²) in [6.07, 6.45) is 1.86. The van der Waals surface area contributed by atoms with Gasteiger partial charge in [-0.1, -0.05) is 0 Å². The van der Waals surface area contributed by atoms with Gasteiger partial charge in [0.25, 0.3) is 0 Å². The van der Waals surface area contributed by atoms with E-state index in [1.807, 2.05) is 6.26 Å². The van der Waals surface area contributed by atoms with E-state index in [0.717, 1.165) is 0 Å². The van der Waals surface area contributed by atoms with Crippen LogP contribution in [0.25, 0.3) is 0 Å². The summed E-state index contributed by atoms with van der Waals surface area (Å²) < 4.78 is 4.56. The number of ether oxygens (including phenoxy) is 1. The molecule has 0 aliphatic heterocycles. The smallest absolute Gasteiger partial charge is 0.396 e. The Morgan fingerprint density at radius 2 is 2.14 bits per heavy atom. The molecule has 0 aliphatic carbocycles. The predicted molar refractivity (Wildman–Crippen MR) is 27.5 cm³/mol. The maximum absolute atomic E-state index is 5.13. The molecule has 0 atom stereocenters. The first-order valence-electron chi connectivity index (χ1n) is 1.51. The third-order valence-corrected chi connectivity index (χ3v) is 0.971. The Bertz CT molecular complexity index is 52.9. The molecule has 0 bridgehead atoms. The van der Waals surface area contributed by atoms with Crippen LogP contribution in [0.5, 0.6) is 0 Å². The summed E-state index contributed by atoms with van der Waals surface area (Å²) in [6, 6.07) is 0. The van der Waals surface area contributed by atoms with Gasteiger partial charge in [0.1, 0.15) is 0 Å². The van der Waals surface area contributed by atoms with Crippen molar-refractivity contribution in [3.63, 3.8) is 0 Å². The lowest BCUT2D eigenvalue weighted by Crippen LogP contribution is -3.00. The van der Waals surface area contributed by atoms with Gasteiger partial charge in [0.15, 0.2) is 0 Å². The van der Waals surface area contributed by atoms with Gasteiger partial charge in [0.05, 0.1) is 7.11 Å². The summed E-state index contributed by atoms with van der Waals surface area (Å²) in [5.74, 6) is 0. The van der Waals surface area contributed by atoms with Gasteiger partial charge < -0.3 is 17.1 Å². The van der Waals surface area contributed by atoms with Crippen molar-refractivity contribution < 1.29 is 22.6 Å². The number of hydrogen-bond donors (Lipinski definition) is 1. The molecule has 0 aromatic carbocycles. The highest BCUT2D eigenvalue weighted by atomic mass is 35.5. The van der Waals surface area contributed by atoms with Crippen LogP contribution in [0.15, 0.2) is 0 Å². The second-order valence-electron chi connectivity index (χ2n) is 0.727. The highest BCUT2D eigenvalue weighted by molar-refractivity contribution is 8.12. The van der Waals surface area contributed by atoms with Gasteiger partial charge in [-0.15, -0.1) is 0 Å². The molecule has 0 aromatic heterocycles. The summed E-state index contributed by atoms with van der Waals surface area (Å²) in [4.78, 5) is 0. The molecular weight excluding hydrogens is 134 g/mol. The average Bonchev–Trinajstić information content (AvgIpc) is 1.65. The van der Waals surface area contributed by atoms with Crippen LogP contribution in [0, 0.1) is 0 Å². The standard InChI is InChI=1S/C3H7NOS.ClH/c1-5-3(4)6-2;/h4H,1-2H3;1H. The van der Waals surface area contributed by atoms with Crippen molar-refractivity contribution in [2.45, 2.75) is 0 Å². The first-order valence-corrected chi connectivity index (χ1v) is 2.74. The first-order chi connectivity index (χ1) is 2.81. The largest absolute Gasteiger partial charge is 1.00 e. The van der Waals surface area contributed by atoms with E-state index >= 15 is 0 Å². The Labute approximate surface area is 53.5 Å². The molecule has 0 spiro atoms. The van der Waals surface area contributed by atoms with Gasteiger partial charge in [-0.3, -0.25) is 0 Å². The average molecular weight is 142 g/mol. The van der Waals surface area contributed by atoms with Gasteiger partial charge >= 0.3 is 5.23 Å². The van der Waals surface area contributed by atoms with Crippen molar-refractivity contribution in [1.29, 1.82) is 0 Å². The quantitative estimate of drug-likeness (QED) is 0.277. The molecule has 0 rings (SSSR count). The number of methoxy groups -OCH3 is 1. The molecule has 0 saturated carbocycles. The SMILES string of the molecule is COC(=[NH2+])SC.[Cl-]. The number of nitrogens with two attached hydrogens (primary N) is 1. The van der Waals surface area contributed by atoms with Gasteiger partial charge in [0, 0.05) is 0 Å². The molecule has 0 radical (unpaired) electrons. The number of halogens is 1. The van der Waals surface area contributed by atoms with Crippen LogP contribution >= 0.6 is 11.8 Å². The minimum Gasteiger partial charge on any atom is -1.00 e. The third kappa shape index (κ3) is 6.11. The molecule has 0 aliphatic rings. The second kappa shape index (κ2) is 6.11. The molecule has 0 unspecified atom stereocenters. The van der Waals surface area contributed by atoms with Crippen molar-refractivity contribution in [2.75, 3.05) is 13.4 Å². The maximum Gasteiger partial charge on any atom is 0.396 e. The Morgan fingerprint density at radius 3 is 2.14 bits per heavy atom. The Balaban J connectivity index is 0. The van der Waals surface area contributed by atoms with Crippen LogP contribution in [0.3, 0.4) is 0 Å². The highest BCUT2D eigenvalue weighted by Crippen LogP contribution is 1.88. The van der Waals surface area contributed by atoms with Crippen molar-refractivity contribution in [1.82, 2.24) is 0 Å². The molecule has 44 valence electrons. The molecule has 0 fully saturated rings. The number of thioether (sulfide) groups is 1. The molecule has 0 saturated heterocycles. The summed E-state index contributed by atoms with van der Waals surface area (Å²) >= 11 is 1.40. The van der Waals surface area contributed by atoms with Crippen LogP contribution in [0.2, 0.25) is 0 Å². The Hall–Kier alpha value is 0.110. The van der Waals surface area contributed by atoms with Gasteiger partial charge in [0.2, 0.25) is 0 Å². The zero-order valence-electron chi connectivity index (χ0n) is 4.27. The summed E-state index contributed by atoms with van der Waals surface area (Å²) in [5.41, 5.74) is 0. The fraction of sp³-hybridized carbons (Fsp3) is 0.667. The van der Waals surface area contributed by atoms with Crippen LogP contribution < -0.4 is 17.8 Å². The lowest BCUT2D eigenvalue weighted by molar-refractivity contribution is -0.130. The maximum atomic E-state index is 5.13. The fourth-order valence-corrected chi connectivity index (χ4v) is 0.250. The van der Waals surface area contributed by atoms with Crippen molar-refractivity contribution in [3.05, 3.63) is 0 Å². The monoisotopic (exact) mass is 141 g/mol. The van der Waals surface area contributed by atoms with E-state index in [-0.39, 0.29) is 12.4 Å². The Kier molecular flexibility index (Phi) is 8.87. The first kappa shape index (κ1) is 10.2. The van der Waals surface area contributed by atoms with E-state index < -0.39 is 0 Å². The molecule has 0 amide bonds. The van der Waals surface area contributed by atoms with E-state index in [1.165, 1.54) is 11.8 Å². The lowest BCUT2D eigenvalue weighted by Gasteiger charge is -1.84. The van der Waals surface area contributed by atoms with Crippen LogP contribution in [0.1, 0.15) is 0 Å². The van der Waals surface area contributed by atoms with Crippen molar-refractivity contribution >= 4 is 17.0 Å². The normalized spacial score (nSPS) is 6.57. The van der Waals surface area contributed by atoms with Crippen LogP contribution in [-0.4, -0.2) is 18.6 Å². The number of hydrogen-bond acceptors (Lipinski definition) is 2. The van der Waals surface area contributed by atoms with Gasteiger partial charge in [-0.05, 0) is 18.0 Å². The van der Waals surface area contributed by atoms with Crippen LogP contribution in [-0.2, 0) is 4.74 Å². The van der Waals surface area contributed by atoms with Gasteiger partial charge in [-0.2, -0.15) is 0 Å². The lowest BCUT2D eigenvalue weighted by atomic mass is 11.4. The third-order valence-electron chi connectivity index (χ3n) is 0.402. The van der Waals surface area contributed by atoms with E-state index in [1.54, 1.807) is 7.11 Å². The highest BCUT2D eigenvalue weighted by Gasteiger charge is 1.91. The summed E-state index contributed by atoms with van der Waals surface area (Å²) in [5, 5.41) is 5.64. The fourth-order valence-electron chi connectivity index (χ4n) is 0.0833. The van der Waals surface area contributed by atoms with E-state index in [0.29, 0.717) is 5.23 Å². The molecular formula is C3H8ClNOS. The number of rotatable bonds is 0. The zero-order chi connectivity index (χ0) is 4.99. The topological polar surface area (TPSA) is 34.8 Å². The minimum atomic E-state index is 0. The predicted octanol–water partition coefficient (Wildman–Crippen LogP) is -3.89. The van der Waals surface area contributed by atoms with E-state index in [9.17, 15) is 0 Å².